The third-order valence-electron chi connectivity index (χ3n) is 4.57. The molecule has 2 aromatic rings. The highest BCUT2D eigenvalue weighted by Crippen LogP contribution is 2.20. The number of nitrogens with one attached hydrogen (secondary N) is 2. The van der Waals surface area contributed by atoms with Crippen LogP contribution in [-0.4, -0.2) is 28.5 Å². The molecule has 1 aliphatic carbocycles. The molecule has 1 fully saturated rings. The van der Waals surface area contributed by atoms with Crippen LogP contribution in [0.5, 0.6) is 0 Å². The fourth-order valence-electron chi connectivity index (χ4n) is 3.23. The molecule has 2 N–H and O–H groups in total. The molecule has 25 heavy (non-hydrogen) atoms. The molecule has 3 rings (SSSR count). The molecule has 0 atom stereocenters. The van der Waals surface area contributed by atoms with Crippen molar-refractivity contribution in [2.45, 2.75) is 51.5 Å². The van der Waals surface area contributed by atoms with Gasteiger partial charge in [0.05, 0.1) is 0 Å². The number of carbonyl (C=O) groups is 1. The van der Waals surface area contributed by atoms with Crippen molar-refractivity contribution in [1.29, 1.82) is 0 Å². The van der Waals surface area contributed by atoms with E-state index in [1.165, 1.54) is 24.8 Å². The molecule has 1 heterocycles. The van der Waals surface area contributed by atoms with Crippen molar-refractivity contribution in [3.8, 4) is 0 Å². The van der Waals surface area contributed by atoms with Crippen LogP contribution in [0.15, 0.2) is 36.4 Å². The standard InChI is InChI=1S/C20H26N4O/c1-15-14-18(19(25)21-13-12-16-8-4-2-5-9-16)24-20(22-15)23-17-10-6-3-7-11-17/h2,4-5,8-9,14,17H,3,6-7,10-13H2,1H3,(H,21,25)(H,22,23,24). The number of benzene rings is 1. The Morgan fingerprint density at radius 2 is 1.88 bits per heavy atom. The average molecular weight is 338 g/mol. The lowest BCUT2D eigenvalue weighted by Crippen LogP contribution is -2.28. The van der Waals surface area contributed by atoms with Gasteiger partial charge >= 0.3 is 0 Å². The number of anilines is 1. The van der Waals surface area contributed by atoms with Gasteiger partial charge in [-0.15, -0.1) is 0 Å². The molecule has 1 saturated carbocycles. The van der Waals surface area contributed by atoms with Gasteiger partial charge in [0.2, 0.25) is 5.95 Å². The Bertz CT molecular complexity index is 696. The van der Waals surface area contributed by atoms with E-state index < -0.39 is 0 Å². The molecule has 1 aromatic heterocycles. The van der Waals surface area contributed by atoms with E-state index in [9.17, 15) is 4.79 Å². The van der Waals surface area contributed by atoms with E-state index >= 15 is 0 Å². The molecular weight excluding hydrogens is 312 g/mol. The molecule has 0 radical (unpaired) electrons. The van der Waals surface area contributed by atoms with Gasteiger partial charge in [-0.1, -0.05) is 49.6 Å². The van der Waals surface area contributed by atoms with E-state index in [0.717, 1.165) is 25.0 Å². The zero-order valence-electron chi connectivity index (χ0n) is 14.8. The number of aromatic nitrogens is 2. The minimum atomic E-state index is -0.145. The highest BCUT2D eigenvalue weighted by molar-refractivity contribution is 5.92. The van der Waals surface area contributed by atoms with Crippen LogP contribution in [0.3, 0.4) is 0 Å². The fourth-order valence-corrected chi connectivity index (χ4v) is 3.23. The lowest BCUT2D eigenvalue weighted by atomic mass is 9.96. The van der Waals surface area contributed by atoms with E-state index in [4.69, 9.17) is 0 Å². The molecule has 0 saturated heterocycles. The van der Waals surface area contributed by atoms with Crippen LogP contribution in [0.1, 0.15) is 53.8 Å². The van der Waals surface area contributed by atoms with E-state index in [0.29, 0.717) is 24.2 Å². The minimum absolute atomic E-state index is 0.145. The second-order valence-electron chi connectivity index (χ2n) is 6.69. The van der Waals surface area contributed by atoms with Crippen molar-refractivity contribution in [3.63, 3.8) is 0 Å². The number of aryl methyl sites for hydroxylation is 1. The van der Waals surface area contributed by atoms with Gasteiger partial charge in [0.25, 0.3) is 5.91 Å². The average Bonchev–Trinajstić information content (AvgIpc) is 2.63. The van der Waals surface area contributed by atoms with Gasteiger partial charge in [0, 0.05) is 18.3 Å². The van der Waals surface area contributed by atoms with Crippen LogP contribution < -0.4 is 10.6 Å². The second kappa shape index (κ2) is 8.60. The van der Waals surface area contributed by atoms with Crippen LogP contribution in [0.2, 0.25) is 0 Å². The molecule has 0 unspecified atom stereocenters. The maximum atomic E-state index is 12.4. The van der Waals surface area contributed by atoms with Crippen LogP contribution in [0, 0.1) is 6.92 Å². The monoisotopic (exact) mass is 338 g/mol. The fraction of sp³-hybridized carbons (Fsp3) is 0.450. The SMILES string of the molecule is Cc1cc(C(=O)NCCc2ccccc2)nc(NC2CCCCC2)n1. The van der Waals surface area contributed by atoms with E-state index in [1.54, 1.807) is 6.07 Å². The first-order valence-corrected chi connectivity index (χ1v) is 9.15. The van der Waals surface area contributed by atoms with Gasteiger partial charge in [-0.25, -0.2) is 9.97 Å². The van der Waals surface area contributed by atoms with Crippen molar-refractivity contribution < 1.29 is 4.79 Å². The number of hydrogen-bond acceptors (Lipinski definition) is 4. The molecule has 5 heteroatoms. The summed E-state index contributed by atoms with van der Waals surface area (Å²) >= 11 is 0. The Kier molecular flexibility index (Phi) is 5.99. The lowest BCUT2D eigenvalue weighted by molar-refractivity contribution is 0.0949. The van der Waals surface area contributed by atoms with E-state index in [1.807, 2.05) is 25.1 Å². The summed E-state index contributed by atoms with van der Waals surface area (Å²) < 4.78 is 0. The molecular formula is C20H26N4O. The summed E-state index contributed by atoms with van der Waals surface area (Å²) in [6, 6.07) is 12.3. The summed E-state index contributed by atoms with van der Waals surface area (Å²) in [5.41, 5.74) is 2.45. The molecule has 0 bridgehead atoms. The van der Waals surface area contributed by atoms with Gasteiger partial charge in [0.15, 0.2) is 0 Å². The van der Waals surface area contributed by atoms with Crippen LogP contribution in [-0.2, 0) is 6.42 Å². The van der Waals surface area contributed by atoms with Crippen molar-refractivity contribution >= 4 is 11.9 Å². The largest absolute Gasteiger partial charge is 0.351 e. The minimum Gasteiger partial charge on any atom is -0.351 e. The van der Waals surface area contributed by atoms with Gasteiger partial charge in [-0.05, 0) is 37.8 Å². The van der Waals surface area contributed by atoms with E-state index in [2.05, 4.69) is 32.7 Å². The third kappa shape index (κ3) is 5.28. The Hall–Kier alpha value is -2.43. The molecule has 1 aliphatic rings. The van der Waals surface area contributed by atoms with Gasteiger partial charge in [-0.3, -0.25) is 4.79 Å². The Morgan fingerprint density at radius 1 is 1.12 bits per heavy atom. The Labute approximate surface area is 149 Å². The zero-order valence-corrected chi connectivity index (χ0v) is 14.8. The Morgan fingerprint density at radius 3 is 2.64 bits per heavy atom. The van der Waals surface area contributed by atoms with Crippen LogP contribution in [0.25, 0.3) is 0 Å². The molecule has 0 aliphatic heterocycles. The number of hydrogen-bond donors (Lipinski definition) is 2. The smallest absolute Gasteiger partial charge is 0.270 e. The quantitative estimate of drug-likeness (QED) is 0.846. The number of amides is 1. The summed E-state index contributed by atoms with van der Waals surface area (Å²) in [7, 11) is 0. The number of carbonyl (C=O) groups excluding carboxylic acids is 1. The van der Waals surface area contributed by atoms with E-state index in [-0.39, 0.29) is 5.91 Å². The predicted molar refractivity (Wildman–Crippen MR) is 99.7 cm³/mol. The predicted octanol–water partition coefficient (Wildman–Crippen LogP) is 3.50. The second-order valence-corrected chi connectivity index (χ2v) is 6.69. The summed E-state index contributed by atoms with van der Waals surface area (Å²) in [5.74, 6) is 0.424. The summed E-state index contributed by atoms with van der Waals surface area (Å²) in [6.45, 7) is 2.49. The van der Waals surface area contributed by atoms with Gasteiger partial charge < -0.3 is 10.6 Å². The Balaban J connectivity index is 1.57. The topological polar surface area (TPSA) is 66.9 Å². The summed E-state index contributed by atoms with van der Waals surface area (Å²) in [6.07, 6.45) is 6.91. The maximum Gasteiger partial charge on any atom is 0.270 e. The maximum absolute atomic E-state index is 12.4. The van der Waals surface area contributed by atoms with Gasteiger partial charge in [0.1, 0.15) is 5.69 Å². The molecule has 1 amide bonds. The molecule has 132 valence electrons. The molecule has 5 nitrogen and oxygen atoms in total. The molecule has 0 spiro atoms. The lowest BCUT2D eigenvalue weighted by Gasteiger charge is -2.23. The number of rotatable bonds is 6. The van der Waals surface area contributed by atoms with Crippen LogP contribution in [0.4, 0.5) is 5.95 Å². The normalized spacial score (nSPS) is 14.9. The van der Waals surface area contributed by atoms with Crippen molar-refractivity contribution in [3.05, 3.63) is 53.3 Å². The van der Waals surface area contributed by atoms with Crippen molar-refractivity contribution in [2.24, 2.45) is 0 Å². The molecule has 1 aromatic carbocycles. The number of nitrogens with zero attached hydrogens (tertiary/aromatic N) is 2. The first-order chi connectivity index (χ1) is 12.2. The zero-order chi connectivity index (χ0) is 17.5. The summed E-state index contributed by atoms with van der Waals surface area (Å²) in [4.78, 5) is 21.3. The highest BCUT2D eigenvalue weighted by atomic mass is 16.1. The van der Waals surface area contributed by atoms with Crippen LogP contribution >= 0.6 is 0 Å². The van der Waals surface area contributed by atoms with Crippen molar-refractivity contribution in [1.82, 2.24) is 15.3 Å². The highest BCUT2D eigenvalue weighted by Gasteiger charge is 2.16. The van der Waals surface area contributed by atoms with Crippen molar-refractivity contribution in [2.75, 3.05) is 11.9 Å². The summed E-state index contributed by atoms with van der Waals surface area (Å²) in [5, 5.41) is 6.35. The first-order valence-electron chi connectivity index (χ1n) is 9.15. The third-order valence-corrected chi connectivity index (χ3v) is 4.57. The first kappa shape index (κ1) is 17.4. The van der Waals surface area contributed by atoms with Gasteiger partial charge in [-0.2, -0.15) is 0 Å².